The van der Waals surface area contributed by atoms with Crippen molar-refractivity contribution in [2.24, 2.45) is 0 Å². The van der Waals surface area contributed by atoms with Crippen LogP contribution in [0.2, 0.25) is 0 Å². The molecule has 2 aromatic carbocycles. The van der Waals surface area contributed by atoms with Crippen molar-refractivity contribution in [3.63, 3.8) is 0 Å². The molecule has 0 atom stereocenters. The lowest BCUT2D eigenvalue weighted by atomic mass is 10.0. The number of phenolic OH excluding ortho intramolecular Hbond substituents is 1. The van der Waals surface area contributed by atoms with Crippen LogP contribution in [0.25, 0.3) is 22.1 Å². The molecule has 7 heteroatoms. The minimum absolute atomic E-state index is 0.0428. The maximum atomic E-state index is 13.3. The van der Waals surface area contributed by atoms with Crippen LogP contribution in [0.4, 0.5) is 0 Å². The lowest BCUT2D eigenvalue weighted by Crippen LogP contribution is -2.35. The molecule has 1 aliphatic rings. The summed E-state index contributed by atoms with van der Waals surface area (Å²) in [5, 5.41) is 10.9. The molecule has 1 saturated heterocycles. The lowest BCUT2D eigenvalue weighted by molar-refractivity contribution is 0.0339. The maximum absolute atomic E-state index is 13.3. The van der Waals surface area contributed by atoms with Gasteiger partial charge in [-0.15, -0.1) is 0 Å². The molecule has 7 nitrogen and oxygen atoms in total. The average molecular weight is 397 g/mol. The van der Waals surface area contributed by atoms with E-state index in [4.69, 9.17) is 18.6 Å². The van der Waals surface area contributed by atoms with Gasteiger partial charge in [0.05, 0.1) is 38.6 Å². The smallest absolute Gasteiger partial charge is 0.204 e. The van der Waals surface area contributed by atoms with Crippen molar-refractivity contribution >= 4 is 11.0 Å². The summed E-state index contributed by atoms with van der Waals surface area (Å²) in [6, 6.07) is 8.66. The highest BCUT2D eigenvalue weighted by Crippen LogP contribution is 2.36. The van der Waals surface area contributed by atoms with E-state index in [9.17, 15) is 9.90 Å². The van der Waals surface area contributed by atoms with Crippen molar-refractivity contribution in [3.05, 3.63) is 52.4 Å². The molecule has 0 bridgehead atoms. The van der Waals surface area contributed by atoms with Crippen molar-refractivity contribution in [1.82, 2.24) is 4.90 Å². The second-order valence-corrected chi connectivity index (χ2v) is 6.88. The first-order valence-electron chi connectivity index (χ1n) is 9.41. The van der Waals surface area contributed by atoms with E-state index >= 15 is 0 Å². The third kappa shape index (κ3) is 3.66. The van der Waals surface area contributed by atoms with Gasteiger partial charge in [0.25, 0.3) is 0 Å². The van der Waals surface area contributed by atoms with E-state index < -0.39 is 0 Å². The lowest BCUT2D eigenvalue weighted by Gasteiger charge is -2.27. The van der Waals surface area contributed by atoms with E-state index in [1.54, 1.807) is 31.4 Å². The standard InChI is InChI=1S/C22H23NO6/c1-26-15-5-3-14(4-6-15)17-13-29-22-16(12-23-7-9-28-10-8-23)18(24)11-19(27-2)20(22)21(17)25/h3-6,11,13,24H,7-10,12H2,1-2H3. The molecule has 0 amide bonds. The molecule has 1 fully saturated rings. The number of nitrogens with zero attached hydrogens (tertiary/aromatic N) is 1. The Morgan fingerprint density at radius 2 is 1.83 bits per heavy atom. The second kappa shape index (κ2) is 8.14. The molecule has 3 aromatic rings. The van der Waals surface area contributed by atoms with Gasteiger partial charge < -0.3 is 23.7 Å². The number of methoxy groups -OCH3 is 2. The van der Waals surface area contributed by atoms with Gasteiger partial charge in [-0.2, -0.15) is 0 Å². The third-order valence-corrected chi connectivity index (χ3v) is 5.20. The summed E-state index contributed by atoms with van der Waals surface area (Å²) < 4.78 is 21.9. The van der Waals surface area contributed by atoms with Gasteiger partial charge in [0.15, 0.2) is 0 Å². The number of phenols is 1. The second-order valence-electron chi connectivity index (χ2n) is 6.88. The van der Waals surface area contributed by atoms with E-state index in [1.165, 1.54) is 19.4 Å². The van der Waals surface area contributed by atoms with Crippen LogP contribution in [0, 0.1) is 0 Å². The fourth-order valence-corrected chi connectivity index (χ4v) is 3.58. The molecule has 4 rings (SSSR count). The van der Waals surface area contributed by atoms with Gasteiger partial charge >= 0.3 is 0 Å². The summed E-state index contributed by atoms with van der Waals surface area (Å²) in [5.41, 5.74) is 1.83. The zero-order chi connectivity index (χ0) is 20.4. The Morgan fingerprint density at radius 3 is 2.48 bits per heavy atom. The molecular formula is C22H23NO6. The van der Waals surface area contributed by atoms with Crippen LogP contribution in [0.15, 0.2) is 45.8 Å². The highest BCUT2D eigenvalue weighted by Gasteiger charge is 2.22. The molecule has 1 N–H and O–H groups in total. The Bertz CT molecular complexity index is 1070. The quantitative estimate of drug-likeness (QED) is 0.709. The monoisotopic (exact) mass is 397 g/mol. The summed E-state index contributed by atoms with van der Waals surface area (Å²) in [6.07, 6.45) is 1.44. The summed E-state index contributed by atoms with van der Waals surface area (Å²) in [5.74, 6) is 1.03. The molecule has 1 aliphatic heterocycles. The molecule has 0 unspecified atom stereocenters. The maximum Gasteiger partial charge on any atom is 0.204 e. The van der Waals surface area contributed by atoms with Gasteiger partial charge in [-0.1, -0.05) is 12.1 Å². The predicted molar refractivity (Wildman–Crippen MR) is 109 cm³/mol. The third-order valence-electron chi connectivity index (χ3n) is 5.20. The summed E-state index contributed by atoms with van der Waals surface area (Å²) in [7, 11) is 3.06. The zero-order valence-electron chi connectivity index (χ0n) is 16.4. The van der Waals surface area contributed by atoms with Crippen LogP contribution in [0.3, 0.4) is 0 Å². The van der Waals surface area contributed by atoms with Crippen molar-refractivity contribution in [2.75, 3.05) is 40.5 Å². The van der Waals surface area contributed by atoms with E-state index in [1.807, 2.05) is 0 Å². The number of hydrogen-bond acceptors (Lipinski definition) is 7. The normalized spacial score (nSPS) is 14.8. The van der Waals surface area contributed by atoms with Crippen LogP contribution < -0.4 is 14.9 Å². The first kappa shape index (κ1) is 19.3. The topological polar surface area (TPSA) is 81.4 Å². The number of ether oxygens (including phenoxy) is 3. The molecule has 1 aromatic heterocycles. The largest absolute Gasteiger partial charge is 0.507 e. The van der Waals surface area contributed by atoms with Crippen molar-refractivity contribution in [2.45, 2.75) is 6.54 Å². The Kier molecular flexibility index (Phi) is 5.42. The molecular weight excluding hydrogens is 374 g/mol. The Hall–Kier alpha value is -3.03. The first-order chi connectivity index (χ1) is 14.1. The number of morpholine rings is 1. The summed E-state index contributed by atoms with van der Waals surface area (Å²) in [6.45, 7) is 3.24. The van der Waals surface area contributed by atoms with E-state index in [0.717, 1.165) is 13.1 Å². The van der Waals surface area contributed by atoms with Crippen LogP contribution >= 0.6 is 0 Å². The molecule has 0 saturated carbocycles. The number of rotatable bonds is 5. The number of fused-ring (bicyclic) bond motifs is 1. The molecule has 2 heterocycles. The average Bonchev–Trinajstić information content (AvgIpc) is 2.76. The van der Waals surface area contributed by atoms with Gasteiger partial charge in [0.1, 0.15) is 34.5 Å². The van der Waals surface area contributed by atoms with Crippen molar-refractivity contribution < 1.29 is 23.7 Å². The van der Waals surface area contributed by atoms with Gasteiger partial charge in [-0.3, -0.25) is 9.69 Å². The van der Waals surface area contributed by atoms with Crippen LogP contribution in [-0.4, -0.2) is 50.5 Å². The SMILES string of the molecule is COc1ccc(-c2coc3c(CN4CCOCC4)c(O)cc(OC)c3c2=O)cc1. The van der Waals surface area contributed by atoms with E-state index in [0.29, 0.717) is 53.2 Å². The summed E-state index contributed by atoms with van der Waals surface area (Å²) in [4.78, 5) is 15.5. The number of benzene rings is 2. The molecule has 152 valence electrons. The summed E-state index contributed by atoms with van der Waals surface area (Å²) >= 11 is 0. The fourth-order valence-electron chi connectivity index (χ4n) is 3.58. The Balaban J connectivity index is 1.85. The number of hydrogen-bond donors (Lipinski definition) is 1. The molecule has 29 heavy (non-hydrogen) atoms. The van der Waals surface area contributed by atoms with Gasteiger partial charge in [0, 0.05) is 25.7 Å². The Labute approximate surface area is 168 Å². The number of aromatic hydroxyl groups is 1. The minimum atomic E-state index is -0.212. The van der Waals surface area contributed by atoms with E-state index in [-0.39, 0.29) is 16.9 Å². The predicted octanol–water partition coefficient (Wildman–Crippen LogP) is 3.02. The van der Waals surface area contributed by atoms with Crippen molar-refractivity contribution in [1.29, 1.82) is 0 Å². The Morgan fingerprint density at radius 1 is 1.10 bits per heavy atom. The highest BCUT2D eigenvalue weighted by molar-refractivity contribution is 5.91. The van der Waals surface area contributed by atoms with Gasteiger partial charge in [0.2, 0.25) is 5.43 Å². The van der Waals surface area contributed by atoms with E-state index in [2.05, 4.69) is 4.90 Å². The fraction of sp³-hybridized carbons (Fsp3) is 0.318. The molecule has 0 radical (unpaired) electrons. The van der Waals surface area contributed by atoms with Gasteiger partial charge in [-0.05, 0) is 17.7 Å². The van der Waals surface area contributed by atoms with Gasteiger partial charge in [-0.25, -0.2) is 0 Å². The minimum Gasteiger partial charge on any atom is -0.507 e. The van der Waals surface area contributed by atoms with Crippen LogP contribution in [0.5, 0.6) is 17.2 Å². The molecule has 0 aliphatic carbocycles. The first-order valence-corrected chi connectivity index (χ1v) is 9.41. The highest BCUT2D eigenvalue weighted by atomic mass is 16.5. The van der Waals surface area contributed by atoms with Crippen molar-refractivity contribution in [3.8, 4) is 28.4 Å². The molecule has 0 spiro atoms. The van der Waals surface area contributed by atoms with Crippen LogP contribution in [-0.2, 0) is 11.3 Å². The van der Waals surface area contributed by atoms with Crippen LogP contribution in [0.1, 0.15) is 5.56 Å². The zero-order valence-corrected chi connectivity index (χ0v) is 16.4.